The number of anilines is 4. The zero-order valence-electron chi connectivity index (χ0n) is 28.9. The molecule has 0 aliphatic carbocycles. The first-order valence-corrected chi connectivity index (χ1v) is 17.8. The third kappa shape index (κ3) is 7.45. The molecule has 0 atom stereocenters. The summed E-state index contributed by atoms with van der Waals surface area (Å²) in [7, 11) is 0. The second-order valence-corrected chi connectivity index (χ2v) is 13.3. The monoisotopic (exact) mass is 702 g/mol. The maximum atomic E-state index is 4.71. The summed E-state index contributed by atoms with van der Waals surface area (Å²) in [6.45, 7) is 4.87. The van der Waals surface area contributed by atoms with Gasteiger partial charge in [-0.3, -0.25) is 14.9 Å². The predicted molar refractivity (Wildman–Crippen MR) is 206 cm³/mol. The molecule has 1 aliphatic rings. The van der Waals surface area contributed by atoms with Crippen LogP contribution in [0.15, 0.2) is 110 Å². The number of H-pyrrole nitrogens is 2. The normalized spacial score (nSPS) is 13.9. The van der Waals surface area contributed by atoms with Crippen LogP contribution in [0.4, 0.5) is 23.3 Å². The van der Waals surface area contributed by atoms with Crippen molar-refractivity contribution in [2.24, 2.45) is 0 Å². The smallest absolute Gasteiger partial charge is 0.227 e. The van der Waals surface area contributed by atoms with Crippen LogP contribution in [0.5, 0.6) is 0 Å². The number of hydrogen-bond donors (Lipinski definition) is 5. The minimum atomic E-state index is 0.376. The molecule has 264 valence electrons. The van der Waals surface area contributed by atoms with Crippen molar-refractivity contribution < 1.29 is 0 Å². The lowest BCUT2D eigenvalue weighted by molar-refractivity contribution is 0.180. The topological polar surface area (TPSA) is 166 Å². The number of aromatic nitrogens is 10. The van der Waals surface area contributed by atoms with Crippen molar-refractivity contribution in [3.8, 4) is 22.3 Å². The van der Waals surface area contributed by atoms with Gasteiger partial charge < -0.3 is 20.9 Å². The summed E-state index contributed by atoms with van der Waals surface area (Å²) in [4.78, 5) is 21.0. The molecular formula is C39H38N14. The van der Waals surface area contributed by atoms with Crippen LogP contribution in [0, 0.1) is 0 Å². The Hall–Kier alpha value is -6.51. The standard InChI is InChI=1S/C39H38N14/c1-5-33(48-38-41-18-29-15-27(3-7-36(29)50-38)31-20-43-44-21-31)6-2-26(1)17-40-11-14-52-12-9-35(10-13-52)53-25-34(24-47-53)49-39-42-19-30-16-28(4-8-37(30)51-39)32-22-45-46-23-32/h1-8,15-16,18-25,35,40H,9-14,17H2,(H,43,44)(H,45,46)(H,41,48,50)(H,42,49,51). The van der Waals surface area contributed by atoms with Crippen LogP contribution in [0.2, 0.25) is 0 Å². The van der Waals surface area contributed by atoms with Gasteiger partial charge in [0.25, 0.3) is 0 Å². The lowest BCUT2D eigenvalue weighted by atomic mass is 10.1. The Bertz CT molecular complexity index is 2430. The molecule has 5 aromatic heterocycles. The number of nitrogens with zero attached hydrogens (tertiary/aromatic N) is 9. The average Bonchev–Trinajstić information content (AvgIpc) is 4.02. The third-order valence-corrected chi connectivity index (χ3v) is 9.76. The molecule has 0 spiro atoms. The SMILES string of the molecule is c1cc(Nc2ncc3cc(-c4cn[nH]c4)ccc3n2)ccc1CNCCN1CCC(n2cc(Nc3ncc4cc(-c5cn[nH]c5)ccc4n3)cn2)CC1. The Kier molecular flexibility index (Phi) is 8.93. The summed E-state index contributed by atoms with van der Waals surface area (Å²) in [5, 5.41) is 30.7. The Morgan fingerprint density at radius 1 is 0.660 bits per heavy atom. The number of benzene rings is 3. The first-order chi connectivity index (χ1) is 26.2. The van der Waals surface area contributed by atoms with Gasteiger partial charge in [0.1, 0.15) is 0 Å². The highest BCUT2D eigenvalue weighted by molar-refractivity contribution is 5.85. The van der Waals surface area contributed by atoms with Gasteiger partial charge in [-0.15, -0.1) is 0 Å². The maximum Gasteiger partial charge on any atom is 0.227 e. The quantitative estimate of drug-likeness (QED) is 0.0887. The summed E-state index contributed by atoms with van der Waals surface area (Å²) in [5.41, 5.74) is 9.06. The Balaban J connectivity index is 0.704. The molecule has 14 nitrogen and oxygen atoms in total. The first kappa shape index (κ1) is 32.4. The van der Waals surface area contributed by atoms with E-state index in [1.165, 1.54) is 5.56 Å². The van der Waals surface area contributed by atoms with E-state index >= 15 is 0 Å². The zero-order valence-corrected chi connectivity index (χ0v) is 28.9. The van der Waals surface area contributed by atoms with Crippen LogP contribution in [0.3, 0.4) is 0 Å². The molecule has 0 saturated carbocycles. The number of nitrogens with one attached hydrogen (secondary N) is 5. The molecule has 53 heavy (non-hydrogen) atoms. The molecular weight excluding hydrogens is 665 g/mol. The molecule has 0 unspecified atom stereocenters. The molecule has 0 amide bonds. The molecule has 1 fully saturated rings. The van der Waals surface area contributed by atoms with Gasteiger partial charge in [0.2, 0.25) is 11.9 Å². The fourth-order valence-electron chi connectivity index (χ4n) is 6.81. The van der Waals surface area contributed by atoms with Crippen molar-refractivity contribution >= 4 is 45.1 Å². The molecule has 3 aromatic carbocycles. The van der Waals surface area contributed by atoms with Gasteiger partial charge in [0.15, 0.2) is 0 Å². The van der Waals surface area contributed by atoms with Crippen LogP contribution in [0.1, 0.15) is 24.4 Å². The number of hydrogen-bond acceptors (Lipinski definition) is 11. The number of aromatic amines is 2. The van der Waals surface area contributed by atoms with Crippen molar-refractivity contribution in [2.45, 2.75) is 25.4 Å². The molecule has 1 aliphatic heterocycles. The molecule has 9 rings (SSSR count). The molecule has 8 aromatic rings. The molecule has 5 N–H and O–H groups in total. The van der Waals surface area contributed by atoms with Gasteiger partial charge in [-0.1, -0.05) is 24.3 Å². The average molecular weight is 703 g/mol. The van der Waals surface area contributed by atoms with E-state index in [2.05, 4.69) is 104 Å². The lowest BCUT2D eigenvalue weighted by Gasteiger charge is -2.32. The summed E-state index contributed by atoms with van der Waals surface area (Å²) >= 11 is 0. The van der Waals surface area contributed by atoms with Gasteiger partial charge in [-0.05, 0) is 65.9 Å². The zero-order chi connectivity index (χ0) is 35.4. The summed E-state index contributed by atoms with van der Waals surface area (Å²) < 4.78 is 2.08. The summed E-state index contributed by atoms with van der Waals surface area (Å²) in [6.07, 6.45) is 17.1. The minimum Gasteiger partial charge on any atom is -0.324 e. The van der Waals surface area contributed by atoms with Crippen molar-refractivity contribution in [3.63, 3.8) is 0 Å². The van der Waals surface area contributed by atoms with Gasteiger partial charge in [0, 0.05) is 91.3 Å². The van der Waals surface area contributed by atoms with Gasteiger partial charge in [-0.2, -0.15) is 15.3 Å². The van der Waals surface area contributed by atoms with Crippen molar-refractivity contribution in [3.05, 3.63) is 116 Å². The molecule has 14 heteroatoms. The number of likely N-dealkylation sites (tertiary alicyclic amines) is 1. The van der Waals surface area contributed by atoms with E-state index in [0.717, 1.165) is 101 Å². The molecule has 0 radical (unpaired) electrons. The Morgan fingerprint density at radius 3 is 1.89 bits per heavy atom. The first-order valence-electron chi connectivity index (χ1n) is 17.8. The van der Waals surface area contributed by atoms with Gasteiger partial charge in [0.05, 0.1) is 41.4 Å². The van der Waals surface area contributed by atoms with Crippen LogP contribution in [-0.4, -0.2) is 81.2 Å². The van der Waals surface area contributed by atoms with E-state index in [4.69, 9.17) is 9.97 Å². The summed E-state index contributed by atoms with van der Waals surface area (Å²) in [6, 6.07) is 21.1. The third-order valence-electron chi connectivity index (χ3n) is 9.76. The van der Waals surface area contributed by atoms with Gasteiger partial charge in [-0.25, -0.2) is 19.9 Å². The van der Waals surface area contributed by atoms with E-state index in [0.29, 0.717) is 17.9 Å². The van der Waals surface area contributed by atoms with Crippen LogP contribution >= 0.6 is 0 Å². The van der Waals surface area contributed by atoms with Crippen molar-refractivity contribution in [2.75, 3.05) is 36.8 Å². The van der Waals surface area contributed by atoms with Crippen LogP contribution in [0.25, 0.3) is 44.1 Å². The van der Waals surface area contributed by atoms with Crippen LogP contribution in [-0.2, 0) is 6.54 Å². The van der Waals surface area contributed by atoms with E-state index in [1.807, 2.05) is 67.6 Å². The Morgan fingerprint density at radius 2 is 1.28 bits per heavy atom. The van der Waals surface area contributed by atoms with E-state index in [-0.39, 0.29) is 0 Å². The van der Waals surface area contributed by atoms with Crippen LogP contribution < -0.4 is 16.0 Å². The van der Waals surface area contributed by atoms with E-state index < -0.39 is 0 Å². The summed E-state index contributed by atoms with van der Waals surface area (Å²) in [5.74, 6) is 1.13. The molecule has 1 saturated heterocycles. The molecule has 6 heterocycles. The molecule has 0 bridgehead atoms. The van der Waals surface area contributed by atoms with Gasteiger partial charge >= 0.3 is 0 Å². The Labute approximate surface area is 305 Å². The minimum absolute atomic E-state index is 0.376. The fraction of sp³-hybridized carbons (Fsp3) is 0.205. The number of fused-ring (bicyclic) bond motifs is 2. The van der Waals surface area contributed by atoms with E-state index in [1.54, 1.807) is 0 Å². The lowest BCUT2D eigenvalue weighted by Crippen LogP contribution is -2.38. The van der Waals surface area contributed by atoms with E-state index in [9.17, 15) is 0 Å². The highest BCUT2D eigenvalue weighted by Crippen LogP contribution is 2.27. The maximum absolute atomic E-state index is 4.71. The predicted octanol–water partition coefficient (Wildman–Crippen LogP) is 6.46. The highest BCUT2D eigenvalue weighted by Gasteiger charge is 2.21. The van der Waals surface area contributed by atoms with Crippen molar-refractivity contribution in [1.29, 1.82) is 0 Å². The van der Waals surface area contributed by atoms with Crippen molar-refractivity contribution in [1.82, 2.24) is 60.3 Å². The fourth-order valence-corrected chi connectivity index (χ4v) is 6.81. The highest BCUT2D eigenvalue weighted by atomic mass is 15.3. The largest absolute Gasteiger partial charge is 0.324 e. The second kappa shape index (κ2) is 14.6. The number of piperidine rings is 1. The second-order valence-electron chi connectivity index (χ2n) is 13.3. The number of rotatable bonds is 12.